The SMILES string of the molecule is C[C@@H](O)C(=O)N1CC2CCC(C1)N2Cc1ccc2cc(Oc3ccc(-c4ccnn4COCC[Si](C)(C)C)cn3)ccc2n1. The first kappa shape index (κ1) is 30.4. The van der Waals surface area contributed by atoms with E-state index in [-0.39, 0.29) is 5.91 Å². The van der Waals surface area contributed by atoms with Gasteiger partial charge < -0.3 is 19.5 Å². The van der Waals surface area contributed by atoms with Gasteiger partial charge >= 0.3 is 0 Å². The summed E-state index contributed by atoms with van der Waals surface area (Å²) in [7, 11) is -1.13. The lowest BCUT2D eigenvalue weighted by atomic mass is 10.1. The molecule has 0 aliphatic carbocycles. The summed E-state index contributed by atoms with van der Waals surface area (Å²) in [6.07, 6.45) is 4.76. The van der Waals surface area contributed by atoms with Crippen molar-refractivity contribution < 1.29 is 19.4 Å². The highest BCUT2D eigenvalue weighted by molar-refractivity contribution is 6.76. The Bertz CT molecular complexity index is 1590. The van der Waals surface area contributed by atoms with Crippen LogP contribution in [0.15, 0.2) is 60.9 Å². The summed E-state index contributed by atoms with van der Waals surface area (Å²) in [5.74, 6) is 1.04. The molecule has 11 heteroatoms. The van der Waals surface area contributed by atoms with E-state index >= 15 is 0 Å². The van der Waals surface area contributed by atoms with E-state index in [0.29, 0.717) is 43.5 Å². The smallest absolute Gasteiger partial charge is 0.251 e. The fourth-order valence-electron chi connectivity index (χ4n) is 6.10. The summed E-state index contributed by atoms with van der Waals surface area (Å²) in [6.45, 7) is 11.8. The minimum atomic E-state index is -1.13. The highest BCUT2D eigenvalue weighted by Gasteiger charge is 2.41. The molecule has 5 heterocycles. The van der Waals surface area contributed by atoms with Crippen molar-refractivity contribution in [2.75, 3.05) is 19.7 Å². The van der Waals surface area contributed by atoms with E-state index < -0.39 is 14.2 Å². The van der Waals surface area contributed by atoms with Crippen LogP contribution in [-0.2, 0) is 22.8 Å². The van der Waals surface area contributed by atoms with Crippen LogP contribution < -0.4 is 4.74 Å². The number of hydrogen-bond donors (Lipinski definition) is 1. The number of hydrogen-bond acceptors (Lipinski definition) is 8. The van der Waals surface area contributed by atoms with E-state index in [1.54, 1.807) is 19.3 Å². The number of carbonyl (C=O) groups excluding carboxylic acids is 1. The number of amides is 1. The number of fused-ring (bicyclic) bond motifs is 3. The van der Waals surface area contributed by atoms with Crippen LogP contribution in [0.25, 0.3) is 22.2 Å². The first-order valence-corrected chi connectivity index (χ1v) is 19.2. The lowest BCUT2D eigenvalue weighted by Gasteiger charge is -2.41. The van der Waals surface area contributed by atoms with Gasteiger partial charge in [-0.05, 0) is 62.2 Å². The summed E-state index contributed by atoms with van der Waals surface area (Å²) in [5.41, 5.74) is 3.82. The average molecular weight is 615 g/mol. The van der Waals surface area contributed by atoms with Gasteiger partial charge in [0, 0.05) is 75.8 Å². The molecule has 232 valence electrons. The van der Waals surface area contributed by atoms with Crippen LogP contribution in [0, 0.1) is 0 Å². The highest BCUT2D eigenvalue weighted by atomic mass is 28.3. The standard InChI is InChI=1S/C33H42N6O4Si/c1-23(40)33(41)37-20-27-8-9-28(21-37)38(27)19-26-7-5-24-17-29(10-11-30(24)36-26)43-32-12-6-25(18-34-32)31-13-14-35-39(31)22-42-15-16-44(2,3)4/h5-7,10-14,17-18,23,27-28,40H,8-9,15-16,19-22H2,1-4H3/t23-,27?,28?/m1/s1. The van der Waals surface area contributed by atoms with Crippen LogP contribution in [0.3, 0.4) is 0 Å². The average Bonchev–Trinajstić information content (AvgIpc) is 3.54. The molecular weight excluding hydrogens is 572 g/mol. The molecule has 4 aromatic rings. The largest absolute Gasteiger partial charge is 0.439 e. The molecule has 2 aliphatic heterocycles. The van der Waals surface area contributed by atoms with Crippen molar-refractivity contribution in [1.82, 2.24) is 29.5 Å². The van der Waals surface area contributed by atoms with Crippen molar-refractivity contribution in [2.24, 2.45) is 0 Å². The minimum absolute atomic E-state index is 0.171. The summed E-state index contributed by atoms with van der Waals surface area (Å²) in [6, 6.07) is 17.6. The number of rotatable bonds is 11. The van der Waals surface area contributed by atoms with Gasteiger partial charge in [-0.3, -0.25) is 14.7 Å². The van der Waals surface area contributed by atoms with Crippen molar-refractivity contribution in [3.63, 3.8) is 0 Å². The third-order valence-corrected chi connectivity index (χ3v) is 10.3. The zero-order valence-corrected chi connectivity index (χ0v) is 27.0. The monoisotopic (exact) mass is 614 g/mol. The number of carbonyl (C=O) groups is 1. The fourth-order valence-corrected chi connectivity index (χ4v) is 6.86. The number of aliphatic hydroxyl groups excluding tert-OH is 1. The van der Waals surface area contributed by atoms with Gasteiger partial charge in [-0.15, -0.1) is 0 Å². The van der Waals surface area contributed by atoms with Gasteiger partial charge in [-0.25, -0.2) is 9.67 Å². The molecule has 3 aromatic heterocycles. The van der Waals surface area contributed by atoms with Gasteiger partial charge in [-0.1, -0.05) is 25.7 Å². The fraction of sp³-hybridized carbons (Fsp3) is 0.455. The molecule has 2 saturated heterocycles. The molecule has 1 N–H and O–H groups in total. The Kier molecular flexibility index (Phi) is 8.81. The molecular formula is C33H42N6O4Si. The summed E-state index contributed by atoms with van der Waals surface area (Å²) in [5, 5.41) is 15.2. The van der Waals surface area contributed by atoms with Gasteiger partial charge in [0.1, 0.15) is 18.6 Å². The Labute approximate surface area is 259 Å². The molecule has 1 aromatic carbocycles. The van der Waals surface area contributed by atoms with E-state index in [4.69, 9.17) is 14.5 Å². The van der Waals surface area contributed by atoms with Crippen LogP contribution in [0.2, 0.25) is 25.7 Å². The molecule has 0 saturated carbocycles. The zero-order chi connectivity index (χ0) is 30.8. The van der Waals surface area contributed by atoms with Gasteiger partial charge in [0.05, 0.1) is 16.9 Å². The molecule has 1 amide bonds. The molecule has 2 fully saturated rings. The Morgan fingerprint density at radius 3 is 2.57 bits per heavy atom. The number of piperazine rings is 1. The first-order chi connectivity index (χ1) is 21.1. The highest BCUT2D eigenvalue weighted by Crippen LogP contribution is 2.32. The Morgan fingerprint density at radius 1 is 1.07 bits per heavy atom. The lowest BCUT2D eigenvalue weighted by Crippen LogP contribution is -2.56. The third-order valence-electron chi connectivity index (χ3n) is 8.55. The van der Waals surface area contributed by atoms with Crippen LogP contribution >= 0.6 is 0 Å². The molecule has 6 rings (SSSR count). The molecule has 2 unspecified atom stereocenters. The third kappa shape index (κ3) is 7.01. The number of aliphatic hydroxyl groups is 1. The molecule has 0 spiro atoms. The Morgan fingerprint density at radius 2 is 1.86 bits per heavy atom. The van der Waals surface area contributed by atoms with Gasteiger partial charge in [0.15, 0.2) is 0 Å². The quantitative estimate of drug-likeness (QED) is 0.183. The van der Waals surface area contributed by atoms with Crippen LogP contribution in [0.4, 0.5) is 0 Å². The van der Waals surface area contributed by atoms with E-state index in [2.05, 4.69) is 46.8 Å². The molecule has 10 nitrogen and oxygen atoms in total. The van der Waals surface area contributed by atoms with Crippen molar-refractivity contribution in [3.8, 4) is 22.9 Å². The molecule has 2 bridgehead atoms. The van der Waals surface area contributed by atoms with Crippen molar-refractivity contribution >= 4 is 24.9 Å². The maximum absolute atomic E-state index is 12.3. The maximum atomic E-state index is 12.3. The maximum Gasteiger partial charge on any atom is 0.251 e. The van der Waals surface area contributed by atoms with Crippen molar-refractivity contribution in [2.45, 2.75) is 76.9 Å². The molecule has 44 heavy (non-hydrogen) atoms. The second kappa shape index (κ2) is 12.8. The molecule has 3 atom stereocenters. The second-order valence-corrected chi connectivity index (χ2v) is 18.8. The number of aromatic nitrogens is 4. The van der Waals surface area contributed by atoms with E-state index in [1.165, 1.54) is 0 Å². The van der Waals surface area contributed by atoms with Crippen LogP contribution in [0.5, 0.6) is 11.6 Å². The van der Waals surface area contributed by atoms with Gasteiger partial charge in [0.2, 0.25) is 5.88 Å². The number of benzene rings is 1. The number of nitrogens with zero attached hydrogens (tertiary/aromatic N) is 6. The van der Waals surface area contributed by atoms with E-state index in [1.807, 2.05) is 46.0 Å². The summed E-state index contributed by atoms with van der Waals surface area (Å²) < 4.78 is 13.8. The molecule has 2 aliphatic rings. The predicted octanol–water partition coefficient (Wildman–Crippen LogP) is 5.15. The Hall–Kier alpha value is -3.64. The first-order valence-electron chi connectivity index (χ1n) is 15.5. The van der Waals surface area contributed by atoms with E-state index in [9.17, 15) is 9.90 Å². The molecule has 0 radical (unpaired) electrons. The lowest BCUT2D eigenvalue weighted by molar-refractivity contribution is -0.142. The number of likely N-dealkylation sites (tertiary alicyclic amines) is 1. The Balaban J connectivity index is 1.06. The number of pyridine rings is 2. The van der Waals surface area contributed by atoms with E-state index in [0.717, 1.165) is 59.9 Å². The summed E-state index contributed by atoms with van der Waals surface area (Å²) >= 11 is 0. The van der Waals surface area contributed by atoms with Crippen molar-refractivity contribution in [3.05, 3.63) is 66.6 Å². The van der Waals surface area contributed by atoms with Crippen molar-refractivity contribution in [1.29, 1.82) is 0 Å². The minimum Gasteiger partial charge on any atom is -0.439 e. The van der Waals surface area contributed by atoms with Crippen LogP contribution in [-0.4, -0.2) is 86.5 Å². The second-order valence-electron chi connectivity index (χ2n) is 13.2. The summed E-state index contributed by atoms with van der Waals surface area (Å²) in [4.78, 5) is 26.1. The van der Waals surface area contributed by atoms with Gasteiger partial charge in [0.25, 0.3) is 5.91 Å². The number of ether oxygens (including phenoxy) is 2. The topological polar surface area (TPSA) is 106 Å². The normalized spacial score (nSPS) is 19.4. The van der Waals surface area contributed by atoms with Gasteiger partial charge in [-0.2, -0.15) is 5.10 Å². The van der Waals surface area contributed by atoms with Crippen LogP contribution in [0.1, 0.15) is 25.5 Å². The zero-order valence-electron chi connectivity index (χ0n) is 26.0. The predicted molar refractivity (Wildman–Crippen MR) is 172 cm³/mol.